The predicted molar refractivity (Wildman–Crippen MR) is 117 cm³/mol. The second kappa shape index (κ2) is 7.05. The number of halogens is 1. The van der Waals surface area contributed by atoms with E-state index in [1.807, 2.05) is 67.6 Å². The van der Waals surface area contributed by atoms with Gasteiger partial charge in [0.15, 0.2) is 5.78 Å². The van der Waals surface area contributed by atoms with Crippen LogP contribution in [0.5, 0.6) is 0 Å². The topological polar surface area (TPSA) is 46.9 Å². The van der Waals surface area contributed by atoms with Gasteiger partial charge in [-0.3, -0.25) is 9.36 Å². The summed E-state index contributed by atoms with van der Waals surface area (Å²) in [5, 5.41) is 4.04. The molecule has 5 rings (SSSR count). The number of anilines is 1. The van der Waals surface area contributed by atoms with E-state index in [1.165, 1.54) is 0 Å². The summed E-state index contributed by atoms with van der Waals surface area (Å²) in [6, 6.07) is 15.5. The number of carbonyl (C=O) groups is 1. The van der Waals surface area contributed by atoms with Crippen LogP contribution in [-0.2, 0) is 4.79 Å². The summed E-state index contributed by atoms with van der Waals surface area (Å²) in [5.74, 6) is 0.834. The van der Waals surface area contributed by atoms with Crippen molar-refractivity contribution in [2.75, 3.05) is 5.32 Å². The number of imidazole rings is 1. The highest BCUT2D eigenvalue weighted by Crippen LogP contribution is 2.41. The molecule has 29 heavy (non-hydrogen) atoms. The van der Waals surface area contributed by atoms with E-state index in [4.69, 9.17) is 16.6 Å². The summed E-state index contributed by atoms with van der Waals surface area (Å²) in [6.07, 6.45) is 7.65. The van der Waals surface area contributed by atoms with Crippen LogP contribution in [0.1, 0.15) is 31.4 Å². The summed E-state index contributed by atoms with van der Waals surface area (Å²) in [5.41, 5.74) is 5.34. The van der Waals surface area contributed by atoms with Gasteiger partial charge >= 0.3 is 0 Å². The number of nitrogens with one attached hydrogen (secondary N) is 1. The van der Waals surface area contributed by atoms with Crippen molar-refractivity contribution in [2.24, 2.45) is 0 Å². The van der Waals surface area contributed by atoms with Gasteiger partial charge in [0.25, 0.3) is 0 Å². The van der Waals surface area contributed by atoms with Crippen LogP contribution in [0.2, 0.25) is 5.02 Å². The number of para-hydroxylation sites is 2. The minimum Gasteiger partial charge on any atom is -0.329 e. The van der Waals surface area contributed by atoms with Crippen LogP contribution in [0, 0.1) is 0 Å². The number of benzene rings is 2. The Kier molecular flexibility index (Phi) is 4.36. The molecule has 1 N–H and O–H groups in total. The number of allylic oxidation sites excluding steroid dienone is 6. The van der Waals surface area contributed by atoms with E-state index < -0.39 is 0 Å². The maximum atomic E-state index is 13.6. The van der Waals surface area contributed by atoms with Crippen molar-refractivity contribution in [1.29, 1.82) is 0 Å². The van der Waals surface area contributed by atoms with Crippen molar-refractivity contribution in [3.05, 3.63) is 94.2 Å². The Morgan fingerprint density at radius 3 is 2.72 bits per heavy atom. The molecule has 2 aliphatic rings. The molecule has 0 spiro atoms. The zero-order valence-electron chi connectivity index (χ0n) is 16.0. The molecule has 1 aliphatic heterocycles. The van der Waals surface area contributed by atoms with Crippen LogP contribution in [0.15, 0.2) is 83.6 Å². The molecule has 0 amide bonds. The van der Waals surface area contributed by atoms with Crippen LogP contribution in [0.4, 0.5) is 5.95 Å². The predicted octanol–water partition coefficient (Wildman–Crippen LogP) is 5.82. The number of Topliss-reactive ketones (excluding diaryl/α,β-unsaturated/α-hetero) is 1. The molecular weight excluding hydrogens is 382 g/mol. The quantitative estimate of drug-likeness (QED) is 0.601. The summed E-state index contributed by atoms with van der Waals surface area (Å²) in [7, 11) is 0. The lowest BCUT2D eigenvalue weighted by atomic mass is 9.87. The van der Waals surface area contributed by atoms with Crippen molar-refractivity contribution >= 4 is 34.4 Å². The SMILES string of the molecule is CC1=C(C(=O)C2=CC=CCC2)[C@@H](c2ccc(Cl)cc2)n2c(nc3ccccc32)N1. The number of hydrogen-bond donors (Lipinski definition) is 1. The second-order valence-electron chi connectivity index (χ2n) is 7.40. The van der Waals surface area contributed by atoms with Crippen LogP contribution in [-0.4, -0.2) is 15.3 Å². The molecule has 5 heteroatoms. The Labute approximate surface area is 174 Å². The zero-order chi connectivity index (χ0) is 20.0. The van der Waals surface area contributed by atoms with Gasteiger partial charge in [-0.2, -0.15) is 0 Å². The highest BCUT2D eigenvalue weighted by atomic mass is 35.5. The average molecular weight is 402 g/mol. The van der Waals surface area contributed by atoms with E-state index in [0.717, 1.165) is 52.2 Å². The monoisotopic (exact) mass is 401 g/mol. The molecule has 0 fully saturated rings. The molecule has 0 unspecified atom stereocenters. The van der Waals surface area contributed by atoms with E-state index in [0.29, 0.717) is 5.02 Å². The van der Waals surface area contributed by atoms with Gasteiger partial charge in [-0.05, 0) is 49.6 Å². The van der Waals surface area contributed by atoms with Crippen molar-refractivity contribution in [2.45, 2.75) is 25.8 Å². The number of nitrogens with zero attached hydrogens (tertiary/aromatic N) is 2. The Morgan fingerprint density at radius 2 is 1.97 bits per heavy atom. The number of rotatable bonds is 3. The number of carbonyl (C=O) groups excluding carboxylic acids is 1. The molecule has 4 nitrogen and oxygen atoms in total. The highest BCUT2D eigenvalue weighted by molar-refractivity contribution is 6.30. The van der Waals surface area contributed by atoms with Gasteiger partial charge in [-0.25, -0.2) is 4.98 Å². The summed E-state index contributed by atoms with van der Waals surface area (Å²) < 4.78 is 2.12. The Bertz CT molecular complexity index is 1210. The third-order valence-corrected chi connectivity index (χ3v) is 5.82. The van der Waals surface area contributed by atoms with Gasteiger partial charge in [0.1, 0.15) is 0 Å². The Hall–Kier alpha value is -3.11. The van der Waals surface area contributed by atoms with E-state index in [2.05, 4.69) is 16.0 Å². The first-order valence-corrected chi connectivity index (χ1v) is 10.1. The maximum Gasteiger partial charge on any atom is 0.209 e. The van der Waals surface area contributed by atoms with Gasteiger partial charge in [0, 0.05) is 21.9 Å². The minimum atomic E-state index is -0.268. The molecule has 1 atom stereocenters. The normalized spacial score (nSPS) is 18.4. The molecule has 144 valence electrons. The van der Waals surface area contributed by atoms with Gasteiger partial charge in [-0.15, -0.1) is 0 Å². The summed E-state index contributed by atoms with van der Waals surface area (Å²) in [4.78, 5) is 18.4. The third-order valence-electron chi connectivity index (χ3n) is 5.57. The maximum absolute atomic E-state index is 13.6. The number of ketones is 1. The molecule has 0 saturated heterocycles. The summed E-state index contributed by atoms with van der Waals surface area (Å²) >= 11 is 6.15. The van der Waals surface area contributed by atoms with Crippen molar-refractivity contribution in [3.63, 3.8) is 0 Å². The lowest BCUT2D eigenvalue weighted by Crippen LogP contribution is -2.28. The van der Waals surface area contributed by atoms with E-state index in [1.54, 1.807) is 0 Å². The van der Waals surface area contributed by atoms with E-state index >= 15 is 0 Å². The summed E-state index contributed by atoms with van der Waals surface area (Å²) in [6.45, 7) is 1.96. The molecule has 1 aliphatic carbocycles. The first-order valence-electron chi connectivity index (χ1n) is 9.74. The first kappa shape index (κ1) is 18.0. The standard InChI is InChI=1S/C24H20ClN3O/c1-15-21(23(29)17-7-3-2-4-8-17)22(16-11-13-18(25)14-12-16)28-20-10-6-5-9-19(20)27-24(28)26-15/h2-3,5-7,9-14,22H,4,8H2,1H3,(H,26,27)/t22-/m1/s1. The van der Waals surface area contributed by atoms with Gasteiger partial charge in [0.2, 0.25) is 5.95 Å². The average Bonchev–Trinajstić information content (AvgIpc) is 3.11. The molecule has 1 aromatic heterocycles. The first-order chi connectivity index (χ1) is 14.1. The second-order valence-corrected chi connectivity index (χ2v) is 7.84. The van der Waals surface area contributed by atoms with Crippen molar-refractivity contribution in [1.82, 2.24) is 9.55 Å². The fourth-order valence-corrected chi connectivity index (χ4v) is 4.31. The van der Waals surface area contributed by atoms with Gasteiger partial charge in [-0.1, -0.05) is 54.1 Å². The molecule has 3 aromatic rings. The fraction of sp³-hybridized carbons (Fsp3) is 0.167. The van der Waals surface area contributed by atoms with Gasteiger partial charge in [0.05, 0.1) is 17.1 Å². The van der Waals surface area contributed by atoms with Crippen molar-refractivity contribution < 1.29 is 4.79 Å². The number of fused-ring (bicyclic) bond motifs is 3. The lowest BCUT2D eigenvalue weighted by Gasteiger charge is -2.31. The largest absolute Gasteiger partial charge is 0.329 e. The minimum absolute atomic E-state index is 0.0859. The molecule has 2 aromatic carbocycles. The molecule has 0 radical (unpaired) electrons. The third kappa shape index (κ3) is 3.00. The Balaban J connectivity index is 1.74. The van der Waals surface area contributed by atoms with E-state index in [-0.39, 0.29) is 11.8 Å². The van der Waals surface area contributed by atoms with Gasteiger partial charge < -0.3 is 5.32 Å². The van der Waals surface area contributed by atoms with Crippen LogP contribution in [0.3, 0.4) is 0 Å². The Morgan fingerprint density at radius 1 is 1.17 bits per heavy atom. The van der Waals surface area contributed by atoms with Crippen LogP contribution < -0.4 is 5.32 Å². The zero-order valence-corrected chi connectivity index (χ0v) is 16.8. The number of aromatic nitrogens is 2. The van der Waals surface area contributed by atoms with E-state index in [9.17, 15) is 4.79 Å². The van der Waals surface area contributed by atoms with Crippen LogP contribution in [0.25, 0.3) is 11.0 Å². The fourth-order valence-electron chi connectivity index (χ4n) is 4.18. The smallest absolute Gasteiger partial charge is 0.209 e. The van der Waals surface area contributed by atoms with Crippen LogP contribution >= 0.6 is 11.6 Å². The lowest BCUT2D eigenvalue weighted by molar-refractivity contribution is -0.112. The highest BCUT2D eigenvalue weighted by Gasteiger charge is 2.34. The number of hydrogen-bond acceptors (Lipinski definition) is 3. The van der Waals surface area contributed by atoms with Crippen molar-refractivity contribution in [3.8, 4) is 0 Å². The molecule has 0 saturated carbocycles. The molecular formula is C24H20ClN3O. The molecule has 0 bridgehead atoms. The molecule has 2 heterocycles.